The van der Waals surface area contributed by atoms with Crippen LogP contribution in [0.5, 0.6) is 11.5 Å². The molecule has 19 heavy (non-hydrogen) atoms. The van der Waals surface area contributed by atoms with Crippen molar-refractivity contribution in [3.05, 3.63) is 22.8 Å². The van der Waals surface area contributed by atoms with Crippen molar-refractivity contribution in [3.8, 4) is 11.5 Å². The zero-order chi connectivity index (χ0) is 14.0. The molecular formula is C15H23NO2S. The number of thioether (sulfide) groups is 1. The molecule has 1 N–H and O–H groups in total. The SMILES string of the molecule is CNC1c2c(c(C)cc(OC)c2OC)CSCC1C. The number of benzene rings is 1. The Morgan fingerprint density at radius 2 is 2.05 bits per heavy atom. The molecule has 1 aliphatic rings. The van der Waals surface area contributed by atoms with E-state index < -0.39 is 0 Å². The Kier molecular flexibility index (Phi) is 4.63. The van der Waals surface area contributed by atoms with Crippen molar-refractivity contribution in [2.45, 2.75) is 25.6 Å². The minimum absolute atomic E-state index is 0.314. The summed E-state index contributed by atoms with van der Waals surface area (Å²) in [7, 11) is 5.45. The third-order valence-electron chi connectivity index (χ3n) is 3.86. The van der Waals surface area contributed by atoms with Gasteiger partial charge in [-0.1, -0.05) is 6.92 Å². The molecule has 1 aliphatic heterocycles. The van der Waals surface area contributed by atoms with E-state index in [0.29, 0.717) is 12.0 Å². The predicted molar refractivity (Wildman–Crippen MR) is 81.4 cm³/mol. The van der Waals surface area contributed by atoms with Gasteiger partial charge in [0.2, 0.25) is 0 Å². The first kappa shape index (κ1) is 14.5. The Morgan fingerprint density at radius 1 is 1.32 bits per heavy atom. The molecule has 2 unspecified atom stereocenters. The highest BCUT2D eigenvalue weighted by Crippen LogP contribution is 2.45. The quantitative estimate of drug-likeness (QED) is 0.922. The summed E-state index contributed by atoms with van der Waals surface area (Å²) in [6.07, 6.45) is 0. The molecule has 1 aromatic rings. The van der Waals surface area contributed by atoms with Crippen LogP contribution in [0.2, 0.25) is 0 Å². The van der Waals surface area contributed by atoms with Gasteiger partial charge in [-0.25, -0.2) is 0 Å². The van der Waals surface area contributed by atoms with Gasteiger partial charge in [0.25, 0.3) is 0 Å². The number of hydrogen-bond acceptors (Lipinski definition) is 4. The van der Waals surface area contributed by atoms with Crippen LogP contribution >= 0.6 is 11.8 Å². The number of methoxy groups -OCH3 is 2. The van der Waals surface area contributed by atoms with Crippen molar-refractivity contribution in [2.24, 2.45) is 5.92 Å². The second-order valence-electron chi connectivity index (χ2n) is 5.08. The topological polar surface area (TPSA) is 30.5 Å². The summed E-state index contributed by atoms with van der Waals surface area (Å²) in [6.45, 7) is 4.45. The summed E-state index contributed by atoms with van der Waals surface area (Å²) in [5.74, 6) is 4.49. The van der Waals surface area contributed by atoms with Crippen LogP contribution in [0.1, 0.15) is 29.7 Å². The molecule has 1 heterocycles. The van der Waals surface area contributed by atoms with E-state index in [-0.39, 0.29) is 0 Å². The standard InChI is InChI=1S/C15H23NO2S/c1-9-6-12(17-4)15(18-5)13-11(9)8-19-7-10(2)14(13)16-3/h6,10,14,16H,7-8H2,1-5H3. The van der Waals surface area contributed by atoms with E-state index in [1.807, 2.05) is 18.8 Å². The molecule has 3 nitrogen and oxygen atoms in total. The minimum atomic E-state index is 0.314. The van der Waals surface area contributed by atoms with Gasteiger partial charge >= 0.3 is 0 Å². The lowest BCUT2D eigenvalue weighted by Gasteiger charge is -2.26. The van der Waals surface area contributed by atoms with E-state index in [9.17, 15) is 0 Å². The number of rotatable bonds is 3. The zero-order valence-electron chi connectivity index (χ0n) is 12.4. The first-order valence-corrected chi connectivity index (χ1v) is 7.78. The first-order valence-electron chi connectivity index (χ1n) is 6.63. The highest BCUT2D eigenvalue weighted by Gasteiger charge is 2.30. The van der Waals surface area contributed by atoms with Gasteiger partial charge in [-0.3, -0.25) is 0 Å². The van der Waals surface area contributed by atoms with Crippen LogP contribution in [0.15, 0.2) is 6.07 Å². The molecule has 0 fully saturated rings. The van der Waals surface area contributed by atoms with E-state index in [2.05, 4.69) is 25.2 Å². The van der Waals surface area contributed by atoms with Gasteiger partial charge in [0, 0.05) is 17.4 Å². The van der Waals surface area contributed by atoms with E-state index >= 15 is 0 Å². The summed E-state index contributed by atoms with van der Waals surface area (Å²) in [4.78, 5) is 0. The fraction of sp³-hybridized carbons (Fsp3) is 0.600. The molecule has 1 aromatic carbocycles. The molecule has 0 saturated heterocycles. The highest BCUT2D eigenvalue weighted by atomic mass is 32.2. The second kappa shape index (κ2) is 6.06. The van der Waals surface area contributed by atoms with Crippen LogP contribution < -0.4 is 14.8 Å². The normalized spacial score (nSPS) is 22.6. The van der Waals surface area contributed by atoms with Crippen LogP contribution in [0.25, 0.3) is 0 Å². The van der Waals surface area contributed by atoms with Gasteiger partial charge in [-0.2, -0.15) is 11.8 Å². The third-order valence-corrected chi connectivity index (χ3v) is 5.11. The maximum absolute atomic E-state index is 5.65. The van der Waals surface area contributed by atoms with Crippen LogP contribution in [0.4, 0.5) is 0 Å². The van der Waals surface area contributed by atoms with Crippen LogP contribution in [0, 0.1) is 12.8 Å². The summed E-state index contributed by atoms with van der Waals surface area (Å²) in [5.41, 5.74) is 3.96. The lowest BCUT2D eigenvalue weighted by molar-refractivity contribution is 0.340. The molecule has 2 rings (SSSR count). The maximum Gasteiger partial charge on any atom is 0.165 e. The van der Waals surface area contributed by atoms with Gasteiger partial charge in [0.05, 0.1) is 14.2 Å². The van der Waals surface area contributed by atoms with E-state index in [1.165, 1.54) is 16.7 Å². The van der Waals surface area contributed by atoms with E-state index in [4.69, 9.17) is 9.47 Å². The molecular weight excluding hydrogens is 258 g/mol. The molecule has 0 radical (unpaired) electrons. The van der Waals surface area contributed by atoms with Gasteiger partial charge in [0.15, 0.2) is 11.5 Å². The Morgan fingerprint density at radius 3 is 2.63 bits per heavy atom. The summed E-state index contributed by atoms with van der Waals surface area (Å²) >= 11 is 2.00. The lowest BCUT2D eigenvalue weighted by atomic mass is 9.89. The number of nitrogens with one attached hydrogen (secondary N) is 1. The highest BCUT2D eigenvalue weighted by molar-refractivity contribution is 7.98. The maximum atomic E-state index is 5.65. The Balaban J connectivity index is 2.68. The molecule has 0 spiro atoms. The van der Waals surface area contributed by atoms with Gasteiger partial charge in [-0.15, -0.1) is 0 Å². The predicted octanol–water partition coefficient (Wildman–Crippen LogP) is 3.16. The minimum Gasteiger partial charge on any atom is -0.493 e. The van der Waals surface area contributed by atoms with Gasteiger partial charge in [0.1, 0.15) is 0 Å². The fourth-order valence-electron chi connectivity index (χ4n) is 2.87. The Labute approximate surface area is 120 Å². The average Bonchev–Trinajstić information content (AvgIpc) is 2.57. The van der Waals surface area contributed by atoms with Gasteiger partial charge in [-0.05, 0) is 42.8 Å². The molecule has 0 amide bonds. The van der Waals surface area contributed by atoms with Crippen LogP contribution in [-0.2, 0) is 5.75 Å². The molecule has 2 atom stereocenters. The Bertz CT molecular complexity index is 462. The smallest absolute Gasteiger partial charge is 0.165 e. The van der Waals surface area contributed by atoms with Crippen molar-refractivity contribution < 1.29 is 9.47 Å². The monoisotopic (exact) mass is 281 g/mol. The number of ether oxygens (including phenoxy) is 2. The van der Waals surface area contributed by atoms with Crippen LogP contribution in [-0.4, -0.2) is 27.0 Å². The van der Waals surface area contributed by atoms with Crippen molar-refractivity contribution in [1.82, 2.24) is 5.32 Å². The molecule has 0 saturated carbocycles. The number of fused-ring (bicyclic) bond motifs is 1. The third kappa shape index (κ3) is 2.56. The largest absolute Gasteiger partial charge is 0.493 e. The average molecular weight is 281 g/mol. The first-order chi connectivity index (χ1) is 9.13. The second-order valence-corrected chi connectivity index (χ2v) is 6.11. The van der Waals surface area contributed by atoms with E-state index in [0.717, 1.165) is 23.0 Å². The van der Waals surface area contributed by atoms with Crippen molar-refractivity contribution >= 4 is 11.8 Å². The molecule has 106 valence electrons. The molecule has 0 bridgehead atoms. The van der Waals surface area contributed by atoms with Crippen molar-refractivity contribution in [2.75, 3.05) is 27.0 Å². The van der Waals surface area contributed by atoms with Crippen molar-refractivity contribution in [1.29, 1.82) is 0 Å². The summed E-state index contributed by atoms with van der Waals surface area (Å²) in [5, 5.41) is 3.45. The Hall–Kier alpha value is -0.870. The summed E-state index contributed by atoms with van der Waals surface area (Å²) in [6, 6.07) is 2.40. The molecule has 0 aliphatic carbocycles. The van der Waals surface area contributed by atoms with Crippen LogP contribution in [0.3, 0.4) is 0 Å². The molecule has 0 aromatic heterocycles. The number of aryl methyl sites for hydroxylation is 1. The molecule has 4 heteroatoms. The van der Waals surface area contributed by atoms with E-state index in [1.54, 1.807) is 14.2 Å². The number of hydrogen-bond donors (Lipinski definition) is 1. The summed E-state index contributed by atoms with van der Waals surface area (Å²) < 4.78 is 11.1. The van der Waals surface area contributed by atoms with Crippen molar-refractivity contribution in [3.63, 3.8) is 0 Å². The lowest BCUT2D eigenvalue weighted by Crippen LogP contribution is -2.25. The van der Waals surface area contributed by atoms with Gasteiger partial charge < -0.3 is 14.8 Å². The zero-order valence-corrected chi connectivity index (χ0v) is 13.2. The fourth-order valence-corrected chi connectivity index (χ4v) is 4.14.